The molecule has 0 saturated carbocycles. The van der Waals surface area contributed by atoms with Gasteiger partial charge in [-0.2, -0.15) is 0 Å². The number of ether oxygens (including phenoxy) is 1. The molecule has 0 aliphatic heterocycles. The Morgan fingerprint density at radius 3 is 2.86 bits per heavy atom. The molecule has 0 atom stereocenters. The lowest BCUT2D eigenvalue weighted by Crippen LogP contribution is -2.00. The Morgan fingerprint density at radius 2 is 2.21 bits per heavy atom. The average molecular weight is 193 g/mol. The van der Waals surface area contributed by atoms with E-state index >= 15 is 0 Å². The summed E-state index contributed by atoms with van der Waals surface area (Å²) in [5.41, 5.74) is 0.637. The minimum Gasteiger partial charge on any atom is -0.492 e. The molecule has 0 aromatic carbocycles. The minimum absolute atomic E-state index is 0.126. The van der Waals surface area contributed by atoms with Crippen LogP contribution in [-0.2, 0) is 0 Å². The van der Waals surface area contributed by atoms with Crippen LogP contribution in [0, 0.1) is 0 Å². The Morgan fingerprint density at radius 1 is 1.43 bits per heavy atom. The van der Waals surface area contributed by atoms with Gasteiger partial charge in [0.15, 0.2) is 5.78 Å². The number of rotatable bonds is 5. The van der Waals surface area contributed by atoms with Gasteiger partial charge in [0.25, 0.3) is 0 Å². The highest BCUT2D eigenvalue weighted by atomic mass is 16.5. The third-order valence-corrected chi connectivity index (χ3v) is 1.82. The first-order valence-electron chi connectivity index (χ1n) is 4.89. The molecule has 0 saturated heterocycles. The zero-order valence-electron chi connectivity index (χ0n) is 8.62. The lowest BCUT2D eigenvalue weighted by molar-refractivity contribution is 0.0981. The summed E-state index contributed by atoms with van der Waals surface area (Å²) in [5, 5.41) is 0. The molecule has 3 nitrogen and oxygen atoms in total. The first kappa shape index (κ1) is 10.7. The molecule has 14 heavy (non-hydrogen) atoms. The fraction of sp³-hybridized carbons (Fsp3) is 0.455. The Kier molecular flexibility index (Phi) is 4.11. The molecule has 0 aliphatic carbocycles. The maximum atomic E-state index is 11.5. The van der Waals surface area contributed by atoms with Crippen LogP contribution in [0.4, 0.5) is 0 Å². The fourth-order valence-corrected chi connectivity index (χ4v) is 1.19. The van der Waals surface area contributed by atoms with E-state index in [4.69, 9.17) is 4.74 Å². The van der Waals surface area contributed by atoms with E-state index in [9.17, 15) is 4.79 Å². The van der Waals surface area contributed by atoms with Gasteiger partial charge in [-0.25, -0.2) is 0 Å². The second-order valence-electron chi connectivity index (χ2n) is 3.02. The van der Waals surface area contributed by atoms with Gasteiger partial charge in [-0.3, -0.25) is 9.78 Å². The molecule has 1 aromatic heterocycles. The molecule has 0 unspecified atom stereocenters. The van der Waals surface area contributed by atoms with E-state index < -0.39 is 0 Å². The van der Waals surface area contributed by atoms with Crippen LogP contribution in [-0.4, -0.2) is 17.4 Å². The number of hydrogen-bond acceptors (Lipinski definition) is 3. The molecular formula is C11H15NO2. The number of aromatic nitrogens is 1. The summed E-state index contributed by atoms with van der Waals surface area (Å²) in [4.78, 5) is 15.5. The van der Waals surface area contributed by atoms with Crippen molar-refractivity contribution in [1.82, 2.24) is 4.98 Å². The first-order valence-corrected chi connectivity index (χ1v) is 4.89. The van der Waals surface area contributed by atoms with Crippen molar-refractivity contribution < 1.29 is 9.53 Å². The Bertz CT molecular complexity index is 310. The van der Waals surface area contributed by atoms with Crippen LogP contribution in [0.2, 0.25) is 0 Å². The van der Waals surface area contributed by atoms with Crippen molar-refractivity contribution in [2.45, 2.75) is 26.7 Å². The molecule has 0 radical (unpaired) electrons. The number of hydrogen-bond donors (Lipinski definition) is 0. The van der Waals surface area contributed by atoms with Gasteiger partial charge in [0.2, 0.25) is 0 Å². The largest absolute Gasteiger partial charge is 0.492 e. The van der Waals surface area contributed by atoms with Crippen molar-refractivity contribution in [2.24, 2.45) is 0 Å². The molecule has 76 valence electrons. The van der Waals surface area contributed by atoms with Crippen LogP contribution in [0.3, 0.4) is 0 Å². The maximum absolute atomic E-state index is 11.5. The van der Waals surface area contributed by atoms with E-state index in [2.05, 4.69) is 4.98 Å². The molecule has 0 fully saturated rings. The van der Waals surface area contributed by atoms with Gasteiger partial charge in [-0.15, -0.1) is 0 Å². The van der Waals surface area contributed by atoms with Crippen molar-refractivity contribution in [1.29, 1.82) is 0 Å². The van der Waals surface area contributed by atoms with E-state index in [1.165, 1.54) is 0 Å². The Labute approximate surface area is 84.1 Å². The van der Waals surface area contributed by atoms with Crippen LogP contribution in [0.15, 0.2) is 18.5 Å². The third kappa shape index (κ3) is 2.83. The van der Waals surface area contributed by atoms with Crippen molar-refractivity contribution in [3.63, 3.8) is 0 Å². The van der Waals surface area contributed by atoms with Crippen LogP contribution >= 0.6 is 0 Å². The molecule has 0 bridgehead atoms. The van der Waals surface area contributed by atoms with Crippen LogP contribution in [0.5, 0.6) is 5.75 Å². The zero-order valence-corrected chi connectivity index (χ0v) is 8.62. The lowest BCUT2D eigenvalue weighted by atomic mass is 10.1. The monoisotopic (exact) mass is 193 g/mol. The fourth-order valence-electron chi connectivity index (χ4n) is 1.19. The molecule has 1 heterocycles. The average Bonchev–Trinajstić information content (AvgIpc) is 2.19. The van der Waals surface area contributed by atoms with Gasteiger partial charge < -0.3 is 4.74 Å². The predicted octanol–water partition coefficient (Wildman–Crippen LogP) is 2.46. The molecule has 0 amide bonds. The number of Topliss-reactive ketones (excluding diaryl/α,β-unsaturated/α-hetero) is 1. The smallest absolute Gasteiger partial charge is 0.164 e. The number of ketones is 1. The first-order chi connectivity index (χ1) is 6.77. The number of carbonyl (C=O) groups is 1. The number of carbonyl (C=O) groups excluding carboxylic acids is 1. The predicted molar refractivity (Wildman–Crippen MR) is 54.6 cm³/mol. The van der Waals surface area contributed by atoms with Crippen LogP contribution < -0.4 is 4.74 Å². The SMILES string of the molecule is CCCC(=O)c1cncc(OCC)c1. The Balaban J connectivity index is 2.77. The maximum Gasteiger partial charge on any atom is 0.164 e. The van der Waals surface area contributed by atoms with E-state index in [-0.39, 0.29) is 5.78 Å². The van der Waals surface area contributed by atoms with Crippen LogP contribution in [0.1, 0.15) is 37.0 Å². The van der Waals surface area contributed by atoms with Gasteiger partial charge >= 0.3 is 0 Å². The molecule has 0 N–H and O–H groups in total. The van der Waals surface area contributed by atoms with Gasteiger partial charge in [0.1, 0.15) is 5.75 Å². The summed E-state index contributed by atoms with van der Waals surface area (Å²) in [5.74, 6) is 0.788. The second-order valence-corrected chi connectivity index (χ2v) is 3.02. The standard InChI is InChI=1S/C11H15NO2/c1-3-5-11(13)9-6-10(14-4-2)8-12-7-9/h6-8H,3-5H2,1-2H3. The summed E-state index contributed by atoms with van der Waals surface area (Å²) in [6.45, 7) is 4.48. The summed E-state index contributed by atoms with van der Waals surface area (Å²) in [6, 6.07) is 1.74. The van der Waals surface area contributed by atoms with Crippen molar-refractivity contribution in [3.05, 3.63) is 24.0 Å². The van der Waals surface area contributed by atoms with E-state index in [1.54, 1.807) is 18.5 Å². The van der Waals surface area contributed by atoms with Gasteiger partial charge in [0, 0.05) is 18.2 Å². The molecule has 3 heteroatoms. The van der Waals surface area contributed by atoms with E-state index in [0.29, 0.717) is 24.3 Å². The molecule has 0 spiro atoms. The van der Waals surface area contributed by atoms with Gasteiger partial charge in [-0.1, -0.05) is 6.92 Å². The zero-order chi connectivity index (χ0) is 10.4. The van der Waals surface area contributed by atoms with Crippen molar-refractivity contribution in [3.8, 4) is 5.75 Å². The van der Waals surface area contributed by atoms with Crippen molar-refractivity contribution >= 4 is 5.78 Å². The second kappa shape index (κ2) is 5.37. The highest BCUT2D eigenvalue weighted by Gasteiger charge is 2.05. The normalized spacial score (nSPS) is 9.86. The number of pyridine rings is 1. The number of nitrogens with zero attached hydrogens (tertiary/aromatic N) is 1. The lowest BCUT2D eigenvalue weighted by Gasteiger charge is -2.03. The van der Waals surface area contributed by atoms with Crippen molar-refractivity contribution in [2.75, 3.05) is 6.61 Å². The highest BCUT2D eigenvalue weighted by molar-refractivity contribution is 5.96. The van der Waals surface area contributed by atoms with E-state index in [0.717, 1.165) is 6.42 Å². The topological polar surface area (TPSA) is 39.2 Å². The summed E-state index contributed by atoms with van der Waals surface area (Å²) in [6.07, 6.45) is 4.63. The molecule has 1 aromatic rings. The quantitative estimate of drug-likeness (QED) is 0.674. The van der Waals surface area contributed by atoms with Gasteiger partial charge in [-0.05, 0) is 19.4 Å². The minimum atomic E-state index is 0.126. The molecule has 1 rings (SSSR count). The van der Waals surface area contributed by atoms with Gasteiger partial charge in [0.05, 0.1) is 12.8 Å². The third-order valence-electron chi connectivity index (χ3n) is 1.82. The summed E-state index contributed by atoms with van der Waals surface area (Å²) in [7, 11) is 0. The Hall–Kier alpha value is -1.38. The molecular weight excluding hydrogens is 178 g/mol. The summed E-state index contributed by atoms with van der Waals surface area (Å²) < 4.78 is 5.26. The van der Waals surface area contributed by atoms with E-state index in [1.807, 2.05) is 13.8 Å². The van der Waals surface area contributed by atoms with Crippen LogP contribution in [0.25, 0.3) is 0 Å². The molecule has 0 aliphatic rings. The summed E-state index contributed by atoms with van der Waals surface area (Å²) >= 11 is 0. The highest BCUT2D eigenvalue weighted by Crippen LogP contribution is 2.13.